The van der Waals surface area contributed by atoms with Gasteiger partial charge in [-0.1, -0.05) is 0 Å². The number of hydrogen-bond donors (Lipinski definition) is 0. The third kappa shape index (κ3) is 12.5. The Kier molecular flexibility index (Phi) is 16.9. The van der Waals surface area contributed by atoms with E-state index in [1.165, 1.54) is 110 Å². The van der Waals surface area contributed by atoms with Crippen molar-refractivity contribution in [1.29, 1.82) is 0 Å². The minimum absolute atomic E-state index is 0. The quantitative estimate of drug-likeness (QED) is 0.128. The van der Waals surface area contributed by atoms with E-state index in [2.05, 4.69) is 29.9 Å². The summed E-state index contributed by atoms with van der Waals surface area (Å²) in [5.41, 5.74) is 1.17. The zero-order valence-electron chi connectivity index (χ0n) is 27.7. The number of aromatic carboxylic acids is 6. The van der Waals surface area contributed by atoms with E-state index in [0.717, 1.165) is 0 Å². The number of pyridine rings is 6. The van der Waals surface area contributed by atoms with Crippen molar-refractivity contribution in [2.24, 2.45) is 0 Å². The van der Waals surface area contributed by atoms with E-state index in [9.17, 15) is 59.4 Å². The molecule has 0 saturated carbocycles. The Hall–Kier alpha value is -7.03. The van der Waals surface area contributed by atoms with E-state index >= 15 is 0 Å². The Morgan fingerprint density at radius 3 is 0.518 bits per heavy atom. The number of aromatic nitrogens is 6. The third-order valence-corrected chi connectivity index (χ3v) is 6.76. The summed E-state index contributed by atoms with van der Waals surface area (Å²) < 4.78 is 0. The van der Waals surface area contributed by atoms with Gasteiger partial charge in [0.05, 0.1) is 70.0 Å². The topological polar surface area (TPSA) is 318 Å². The van der Waals surface area contributed by atoms with Crippen molar-refractivity contribution in [3.05, 3.63) is 143 Å². The molecular weight excluding hydrogens is 911 g/mol. The molecule has 0 aliphatic heterocycles. The number of carboxylic acid groups (broad SMARTS) is 6. The molecule has 6 aromatic rings. The standard InChI is InChI=1S/3C12H8N2O4.2Ru/c3*15-11(16)7-1-3-13-9(5-7)10-6-8(12(17)18)2-4-14-10;;/h3*1-6H,(H,15,16)(H,17,18);;/q;;;2*+3/p-6. The Morgan fingerprint density at radius 2 is 0.411 bits per heavy atom. The van der Waals surface area contributed by atoms with Crippen LogP contribution in [0.15, 0.2) is 110 Å². The average molecular weight is 929 g/mol. The smallest absolute Gasteiger partial charge is 0.545 e. The molecule has 0 amide bonds. The van der Waals surface area contributed by atoms with Gasteiger partial charge in [0.1, 0.15) is 0 Å². The molecule has 20 heteroatoms. The predicted octanol–water partition coefficient (Wildman–Crippen LogP) is -3.39. The van der Waals surface area contributed by atoms with E-state index in [1.807, 2.05) is 0 Å². The second-order valence-electron chi connectivity index (χ2n) is 10.3. The van der Waals surface area contributed by atoms with E-state index in [1.54, 1.807) is 0 Å². The van der Waals surface area contributed by atoms with Crippen LogP contribution in [0.5, 0.6) is 0 Å². The van der Waals surface area contributed by atoms with Crippen LogP contribution in [0.2, 0.25) is 0 Å². The molecule has 6 heterocycles. The summed E-state index contributed by atoms with van der Waals surface area (Å²) in [5, 5.41) is 64.2. The van der Waals surface area contributed by atoms with Gasteiger partial charge in [0.15, 0.2) is 0 Å². The Morgan fingerprint density at radius 1 is 0.286 bits per heavy atom. The summed E-state index contributed by atoms with van der Waals surface area (Å²) in [4.78, 5) is 87.7. The minimum Gasteiger partial charge on any atom is -0.545 e. The average Bonchev–Trinajstić information content (AvgIpc) is 3.18. The van der Waals surface area contributed by atoms with Gasteiger partial charge in [0, 0.05) is 70.6 Å². The summed E-state index contributed by atoms with van der Waals surface area (Å²) in [6.07, 6.45) is 7.71. The van der Waals surface area contributed by atoms with Crippen molar-refractivity contribution >= 4 is 35.8 Å². The maximum absolute atomic E-state index is 10.7. The predicted molar refractivity (Wildman–Crippen MR) is 168 cm³/mol. The summed E-state index contributed by atoms with van der Waals surface area (Å²) in [6.45, 7) is 0. The van der Waals surface area contributed by atoms with Crippen LogP contribution in [-0.4, -0.2) is 65.7 Å². The van der Waals surface area contributed by atoms with Crippen molar-refractivity contribution < 1.29 is 98.4 Å². The Balaban J connectivity index is 0.000000285. The Labute approximate surface area is 340 Å². The molecule has 0 N–H and O–H groups in total. The molecule has 0 fully saturated rings. The molecule has 56 heavy (non-hydrogen) atoms. The fourth-order valence-corrected chi connectivity index (χ4v) is 4.19. The molecule has 280 valence electrons. The fraction of sp³-hybridized carbons (Fsp3) is 0. The van der Waals surface area contributed by atoms with Crippen LogP contribution in [0, 0.1) is 0 Å². The number of carbonyl (C=O) groups is 6. The largest absolute Gasteiger partial charge is 3.00 e. The number of hydrogen-bond acceptors (Lipinski definition) is 18. The third-order valence-electron chi connectivity index (χ3n) is 6.76. The van der Waals surface area contributed by atoms with Gasteiger partial charge in [-0.05, 0) is 72.8 Å². The van der Waals surface area contributed by atoms with Crippen molar-refractivity contribution in [3.8, 4) is 34.2 Å². The fourth-order valence-electron chi connectivity index (χ4n) is 4.19. The monoisotopic (exact) mass is 930 g/mol. The van der Waals surface area contributed by atoms with Gasteiger partial charge < -0.3 is 59.4 Å². The van der Waals surface area contributed by atoms with Gasteiger partial charge in [-0.3, -0.25) is 29.9 Å². The van der Waals surface area contributed by atoms with Crippen LogP contribution < -0.4 is 30.6 Å². The molecule has 2 radical (unpaired) electrons. The van der Waals surface area contributed by atoms with Gasteiger partial charge >= 0.3 is 39.0 Å². The second kappa shape index (κ2) is 21.0. The SMILES string of the molecule is O=C([O-])c1ccnc(-c2cc(C(=O)[O-])ccn2)c1.O=C([O-])c1ccnc(-c2cc(C(=O)[O-])ccn2)c1.O=C([O-])c1ccnc(-c2cc(C(=O)[O-])ccn2)c1.[Ru+3].[Ru+3]. The number of carbonyl (C=O) groups excluding carboxylic acids is 6. The van der Waals surface area contributed by atoms with Gasteiger partial charge in [-0.25, -0.2) is 0 Å². The van der Waals surface area contributed by atoms with Crippen LogP contribution in [0.25, 0.3) is 34.2 Å². The molecule has 6 rings (SSSR count). The van der Waals surface area contributed by atoms with E-state index < -0.39 is 35.8 Å². The first kappa shape index (κ1) is 45.1. The molecule has 0 aliphatic rings. The second-order valence-corrected chi connectivity index (χ2v) is 10.3. The first-order valence-electron chi connectivity index (χ1n) is 14.8. The van der Waals surface area contributed by atoms with Crippen molar-refractivity contribution in [3.63, 3.8) is 0 Å². The van der Waals surface area contributed by atoms with E-state index in [4.69, 9.17) is 0 Å². The molecule has 0 unspecified atom stereocenters. The van der Waals surface area contributed by atoms with Crippen molar-refractivity contribution in [2.75, 3.05) is 0 Å². The van der Waals surface area contributed by atoms with E-state index in [-0.39, 0.29) is 107 Å². The van der Waals surface area contributed by atoms with Crippen molar-refractivity contribution in [2.45, 2.75) is 0 Å². The molecule has 0 aromatic carbocycles. The summed E-state index contributed by atoms with van der Waals surface area (Å²) in [7, 11) is 0. The number of rotatable bonds is 9. The van der Waals surface area contributed by atoms with Crippen LogP contribution >= 0.6 is 0 Å². The first-order chi connectivity index (χ1) is 25.7. The van der Waals surface area contributed by atoms with Crippen LogP contribution in [0.1, 0.15) is 62.1 Å². The maximum atomic E-state index is 10.7. The van der Waals surface area contributed by atoms with Crippen LogP contribution in [0.3, 0.4) is 0 Å². The zero-order valence-corrected chi connectivity index (χ0v) is 31.2. The molecule has 0 aliphatic carbocycles. The van der Waals surface area contributed by atoms with Gasteiger partial charge in [0.25, 0.3) is 0 Å². The summed E-state index contributed by atoms with van der Waals surface area (Å²) in [5.74, 6) is -8.03. The summed E-state index contributed by atoms with van der Waals surface area (Å²) in [6, 6.07) is 15.2. The normalized spacial score (nSPS) is 9.64. The summed E-state index contributed by atoms with van der Waals surface area (Å²) >= 11 is 0. The Bertz CT molecular complexity index is 1980. The molecule has 0 spiro atoms. The zero-order chi connectivity index (χ0) is 39.4. The van der Waals surface area contributed by atoms with Crippen molar-refractivity contribution in [1.82, 2.24) is 29.9 Å². The maximum Gasteiger partial charge on any atom is 3.00 e. The van der Waals surface area contributed by atoms with E-state index in [0.29, 0.717) is 0 Å². The molecule has 18 nitrogen and oxygen atoms in total. The first-order valence-corrected chi connectivity index (χ1v) is 14.8. The minimum atomic E-state index is -1.34. The molecule has 6 aromatic heterocycles. The van der Waals surface area contributed by atoms with Crippen LogP contribution in [-0.2, 0) is 39.0 Å². The van der Waals surface area contributed by atoms with Gasteiger partial charge in [0.2, 0.25) is 0 Å². The molecule has 0 saturated heterocycles. The number of carboxylic acids is 6. The molecular formula is C36H18N6O12Ru2. The molecule has 0 atom stereocenters. The molecule has 0 bridgehead atoms. The van der Waals surface area contributed by atoms with Gasteiger partial charge in [-0.2, -0.15) is 0 Å². The van der Waals surface area contributed by atoms with Crippen LogP contribution in [0.4, 0.5) is 0 Å². The number of nitrogens with zero attached hydrogens (tertiary/aromatic N) is 6. The van der Waals surface area contributed by atoms with Gasteiger partial charge in [-0.15, -0.1) is 0 Å².